The second-order valence-electron chi connectivity index (χ2n) is 6.42. The van der Waals surface area contributed by atoms with Gasteiger partial charge in [0, 0.05) is 30.8 Å². The number of rotatable bonds is 3. The van der Waals surface area contributed by atoms with E-state index in [4.69, 9.17) is 0 Å². The molecular weight excluding hydrogens is 361 g/mol. The van der Waals surface area contributed by atoms with E-state index in [1.807, 2.05) is 0 Å². The van der Waals surface area contributed by atoms with Gasteiger partial charge in [-0.05, 0) is 38.5 Å². The van der Waals surface area contributed by atoms with Crippen LogP contribution in [0.1, 0.15) is 29.1 Å². The number of nitrogens with one attached hydrogen (secondary N) is 2. The number of nitrogens with zero attached hydrogens (tertiary/aromatic N) is 2. The predicted octanol–water partition coefficient (Wildman–Crippen LogP) is 2.80. The first-order chi connectivity index (χ1) is 12.7. The number of aryl methyl sites for hydroxylation is 2. The fourth-order valence-corrected chi connectivity index (χ4v) is 3.18. The zero-order valence-corrected chi connectivity index (χ0v) is 14.9. The number of hydrogen-bond acceptors (Lipinski definition) is 4. The molecule has 6 nitrogen and oxygen atoms in total. The van der Waals surface area contributed by atoms with Crippen molar-refractivity contribution in [3.05, 3.63) is 51.2 Å². The van der Waals surface area contributed by atoms with Gasteiger partial charge in [0.2, 0.25) is 5.91 Å². The molecule has 1 aliphatic rings. The summed E-state index contributed by atoms with van der Waals surface area (Å²) >= 11 is 0. The monoisotopic (exact) mass is 380 g/mol. The molecule has 0 fully saturated rings. The third-order valence-corrected chi connectivity index (χ3v) is 4.50. The molecule has 1 amide bonds. The normalized spacial score (nSPS) is 13.9. The second-order valence-corrected chi connectivity index (χ2v) is 6.42. The zero-order chi connectivity index (χ0) is 19.8. The Bertz CT molecular complexity index is 937. The van der Waals surface area contributed by atoms with E-state index in [0.29, 0.717) is 35.9 Å². The van der Waals surface area contributed by atoms with Crippen LogP contribution in [0, 0.1) is 13.8 Å². The van der Waals surface area contributed by atoms with Crippen LogP contribution in [0.2, 0.25) is 0 Å². The Morgan fingerprint density at radius 1 is 1.30 bits per heavy atom. The van der Waals surface area contributed by atoms with Gasteiger partial charge >= 0.3 is 6.18 Å². The number of carbonyl (C=O) groups is 1. The number of alkyl halides is 3. The van der Waals surface area contributed by atoms with E-state index in [-0.39, 0.29) is 30.0 Å². The van der Waals surface area contributed by atoms with Crippen molar-refractivity contribution in [2.45, 2.75) is 32.9 Å². The molecule has 0 bridgehead atoms. The molecule has 0 radical (unpaired) electrons. The lowest BCUT2D eigenvalue weighted by molar-refractivity contribution is -0.137. The lowest BCUT2D eigenvalue weighted by Crippen LogP contribution is -2.39. The molecule has 1 aromatic carbocycles. The minimum Gasteiger partial charge on any atom is -0.382 e. The fourth-order valence-electron chi connectivity index (χ4n) is 3.18. The largest absolute Gasteiger partial charge is 0.416 e. The fraction of sp³-hybridized carbons (Fsp3) is 0.389. The highest BCUT2D eigenvalue weighted by molar-refractivity contribution is 5.97. The molecule has 2 aromatic rings. The van der Waals surface area contributed by atoms with E-state index in [2.05, 4.69) is 15.3 Å². The van der Waals surface area contributed by atoms with Gasteiger partial charge in [0.1, 0.15) is 5.82 Å². The number of anilines is 2. The summed E-state index contributed by atoms with van der Waals surface area (Å²) in [4.78, 5) is 33.0. The number of hydrogen-bond donors (Lipinski definition) is 2. The van der Waals surface area contributed by atoms with Crippen LogP contribution >= 0.6 is 0 Å². The summed E-state index contributed by atoms with van der Waals surface area (Å²) < 4.78 is 38.6. The quantitative estimate of drug-likeness (QED) is 0.858. The van der Waals surface area contributed by atoms with Crippen molar-refractivity contribution in [2.24, 2.45) is 0 Å². The van der Waals surface area contributed by atoms with E-state index >= 15 is 0 Å². The molecule has 3 rings (SSSR count). The van der Waals surface area contributed by atoms with Crippen LogP contribution in [0.3, 0.4) is 0 Å². The third-order valence-electron chi connectivity index (χ3n) is 4.50. The van der Waals surface area contributed by atoms with Gasteiger partial charge < -0.3 is 15.2 Å². The molecule has 2 heterocycles. The molecule has 9 heteroatoms. The highest BCUT2D eigenvalue weighted by atomic mass is 19.4. The Labute approximate surface area is 153 Å². The van der Waals surface area contributed by atoms with E-state index in [0.717, 1.165) is 12.1 Å². The van der Waals surface area contributed by atoms with Crippen molar-refractivity contribution in [3.8, 4) is 0 Å². The van der Waals surface area contributed by atoms with Crippen molar-refractivity contribution < 1.29 is 18.0 Å². The van der Waals surface area contributed by atoms with E-state index in [9.17, 15) is 22.8 Å². The van der Waals surface area contributed by atoms with E-state index < -0.39 is 11.7 Å². The van der Waals surface area contributed by atoms with Gasteiger partial charge in [-0.2, -0.15) is 13.2 Å². The van der Waals surface area contributed by atoms with Crippen LogP contribution in [0.4, 0.5) is 24.5 Å². The standard InChI is InChI=1S/C18H19F3N4O2/c1-10-13(17(27)24-11(2)23-10)4-6-16(26)25-8-7-22-14-9-12(18(19,20)21)3-5-15(14)25/h3,5,9,22H,4,6-8H2,1-2H3,(H,23,24,27). The summed E-state index contributed by atoms with van der Waals surface area (Å²) in [5, 5.41) is 2.90. The molecule has 0 saturated carbocycles. The predicted molar refractivity (Wildman–Crippen MR) is 94.9 cm³/mol. The van der Waals surface area contributed by atoms with Gasteiger partial charge in [0.25, 0.3) is 5.56 Å². The van der Waals surface area contributed by atoms with Crippen molar-refractivity contribution in [2.75, 3.05) is 23.3 Å². The number of halogens is 3. The minimum absolute atomic E-state index is 0.0646. The minimum atomic E-state index is -4.44. The third kappa shape index (κ3) is 3.96. The maximum absolute atomic E-state index is 12.9. The number of aromatic nitrogens is 2. The van der Waals surface area contributed by atoms with Crippen LogP contribution in [0.15, 0.2) is 23.0 Å². The van der Waals surface area contributed by atoms with Crippen molar-refractivity contribution >= 4 is 17.3 Å². The van der Waals surface area contributed by atoms with Gasteiger partial charge in [-0.25, -0.2) is 4.98 Å². The van der Waals surface area contributed by atoms with Crippen LogP contribution < -0.4 is 15.8 Å². The molecule has 1 aliphatic heterocycles. The number of fused-ring (bicyclic) bond motifs is 1. The van der Waals surface area contributed by atoms with Crippen LogP contribution in [-0.2, 0) is 17.4 Å². The second kappa shape index (κ2) is 7.05. The Balaban J connectivity index is 1.79. The number of benzene rings is 1. The van der Waals surface area contributed by atoms with Gasteiger partial charge in [0.15, 0.2) is 0 Å². The summed E-state index contributed by atoms with van der Waals surface area (Å²) in [6.45, 7) is 4.08. The molecule has 0 atom stereocenters. The molecule has 144 valence electrons. The Hall–Kier alpha value is -2.84. The highest BCUT2D eigenvalue weighted by Gasteiger charge is 2.32. The maximum Gasteiger partial charge on any atom is 0.416 e. The molecule has 27 heavy (non-hydrogen) atoms. The first kappa shape index (κ1) is 18.9. The highest BCUT2D eigenvalue weighted by Crippen LogP contribution is 2.36. The Morgan fingerprint density at radius 3 is 2.70 bits per heavy atom. The van der Waals surface area contributed by atoms with E-state index in [1.54, 1.807) is 13.8 Å². The average Bonchev–Trinajstić information content (AvgIpc) is 2.58. The average molecular weight is 380 g/mol. The van der Waals surface area contributed by atoms with Gasteiger partial charge in [-0.15, -0.1) is 0 Å². The van der Waals surface area contributed by atoms with Crippen LogP contribution in [0.25, 0.3) is 0 Å². The molecule has 0 aliphatic carbocycles. The molecule has 0 unspecified atom stereocenters. The summed E-state index contributed by atoms with van der Waals surface area (Å²) in [5.74, 6) is 0.251. The Kier molecular flexibility index (Phi) is 4.95. The lowest BCUT2D eigenvalue weighted by Gasteiger charge is -2.31. The molecule has 0 spiro atoms. The summed E-state index contributed by atoms with van der Waals surface area (Å²) in [6, 6.07) is 3.27. The van der Waals surface area contributed by atoms with Crippen molar-refractivity contribution in [1.29, 1.82) is 0 Å². The van der Waals surface area contributed by atoms with Crippen LogP contribution in [0.5, 0.6) is 0 Å². The smallest absolute Gasteiger partial charge is 0.382 e. The lowest BCUT2D eigenvalue weighted by atomic mass is 10.1. The first-order valence-electron chi connectivity index (χ1n) is 8.48. The number of H-pyrrole nitrogens is 1. The molecule has 2 N–H and O–H groups in total. The van der Waals surface area contributed by atoms with Crippen molar-refractivity contribution in [3.63, 3.8) is 0 Å². The summed E-state index contributed by atoms with van der Waals surface area (Å²) in [5.41, 5.74) is 0.651. The molecule has 0 saturated heterocycles. The Morgan fingerprint density at radius 2 is 2.04 bits per heavy atom. The van der Waals surface area contributed by atoms with Gasteiger partial charge in [0.05, 0.1) is 16.9 Å². The summed E-state index contributed by atoms with van der Waals surface area (Å²) in [6.07, 6.45) is -4.16. The topological polar surface area (TPSA) is 78.1 Å². The van der Waals surface area contributed by atoms with Crippen LogP contribution in [-0.4, -0.2) is 29.0 Å². The number of aromatic amines is 1. The SMILES string of the molecule is Cc1nc(C)c(CCC(=O)N2CCNc3cc(C(F)(F)F)ccc32)c(=O)[nH]1. The van der Waals surface area contributed by atoms with Gasteiger partial charge in [-0.3, -0.25) is 9.59 Å². The zero-order valence-electron chi connectivity index (χ0n) is 14.9. The molecule has 1 aromatic heterocycles. The van der Waals surface area contributed by atoms with E-state index in [1.165, 1.54) is 11.0 Å². The summed E-state index contributed by atoms with van der Waals surface area (Å²) in [7, 11) is 0. The van der Waals surface area contributed by atoms with Crippen molar-refractivity contribution in [1.82, 2.24) is 9.97 Å². The van der Waals surface area contributed by atoms with Gasteiger partial charge in [-0.1, -0.05) is 0 Å². The molecular formula is C18H19F3N4O2. The number of carbonyl (C=O) groups excluding carboxylic acids is 1. The maximum atomic E-state index is 12.9. The number of amides is 1. The first-order valence-corrected chi connectivity index (χ1v) is 8.48.